The maximum Gasteiger partial charge on any atom is 1.00 e. The summed E-state index contributed by atoms with van der Waals surface area (Å²) in [5.41, 5.74) is -3.39. The monoisotopic (exact) mass is 248 g/mol. The van der Waals surface area contributed by atoms with Gasteiger partial charge < -0.3 is 1.43 Å². The molecule has 0 spiro atoms. The molecule has 0 saturated heterocycles. The van der Waals surface area contributed by atoms with Gasteiger partial charge in [-0.1, -0.05) is 17.6 Å². The molecule has 0 aliphatic carbocycles. The summed E-state index contributed by atoms with van der Waals surface area (Å²) in [5, 5.41) is 0. The Morgan fingerprint density at radius 2 is 1.12 bits per heavy atom. The summed E-state index contributed by atoms with van der Waals surface area (Å²) in [6, 6.07) is 0.931. The summed E-state index contributed by atoms with van der Waals surface area (Å²) in [4.78, 5) is 0. The van der Waals surface area contributed by atoms with Crippen LogP contribution >= 0.6 is 0 Å². The molecule has 2 radical (unpaired) electrons. The van der Waals surface area contributed by atoms with Gasteiger partial charge in [0.1, 0.15) is 7.85 Å². The number of alkyl halides is 6. The quantitative estimate of drug-likeness (QED) is 0.434. The van der Waals surface area contributed by atoms with Crippen molar-refractivity contribution >= 4 is 13.3 Å². The van der Waals surface area contributed by atoms with E-state index in [2.05, 4.69) is 0 Å². The largest absolute Gasteiger partial charge is 1.00 e. The molecule has 16 heavy (non-hydrogen) atoms. The zero-order valence-electron chi connectivity index (χ0n) is 9.08. The molecule has 0 amide bonds. The van der Waals surface area contributed by atoms with E-state index in [1.807, 2.05) is 0 Å². The van der Waals surface area contributed by atoms with Crippen molar-refractivity contribution in [2.75, 3.05) is 0 Å². The molecule has 0 heterocycles. The second kappa shape index (κ2) is 5.02. The summed E-state index contributed by atoms with van der Waals surface area (Å²) >= 11 is 0. The van der Waals surface area contributed by atoms with E-state index in [4.69, 9.17) is 7.85 Å². The van der Waals surface area contributed by atoms with Gasteiger partial charge in [-0.25, -0.2) is 0 Å². The Morgan fingerprint density at radius 3 is 1.38 bits per heavy atom. The maximum atomic E-state index is 12.1. The van der Waals surface area contributed by atoms with Crippen LogP contribution < -0.4 is 35.0 Å². The molecular weight excluding hydrogens is 244 g/mol. The molecule has 0 unspecified atom stereocenters. The van der Waals surface area contributed by atoms with Gasteiger partial charge in [0, 0.05) is 0 Å². The van der Waals surface area contributed by atoms with E-state index in [0.717, 1.165) is 0 Å². The predicted octanol–water partition coefficient (Wildman–Crippen LogP) is -0.366. The number of halogens is 6. The van der Waals surface area contributed by atoms with Gasteiger partial charge in [0.15, 0.2) is 0 Å². The zero-order chi connectivity index (χ0) is 11.9. The molecular formula is C8H4BF6Na. The average molecular weight is 248 g/mol. The van der Waals surface area contributed by atoms with Crippen LogP contribution in [0.2, 0.25) is 0 Å². The van der Waals surface area contributed by atoms with Crippen LogP contribution in [0.25, 0.3) is 0 Å². The fourth-order valence-corrected chi connectivity index (χ4v) is 0.979. The van der Waals surface area contributed by atoms with Crippen LogP contribution in [0.15, 0.2) is 18.2 Å². The van der Waals surface area contributed by atoms with Crippen molar-refractivity contribution in [2.24, 2.45) is 0 Å². The van der Waals surface area contributed by atoms with E-state index < -0.39 is 28.9 Å². The Kier molecular flexibility index (Phi) is 4.98. The van der Waals surface area contributed by atoms with Crippen molar-refractivity contribution in [3.8, 4) is 0 Å². The summed E-state index contributed by atoms with van der Waals surface area (Å²) in [7, 11) is 4.95. The Labute approximate surface area is 112 Å². The third-order valence-electron chi connectivity index (χ3n) is 1.61. The van der Waals surface area contributed by atoms with E-state index in [1.54, 1.807) is 0 Å². The Balaban J connectivity index is 0. The minimum Gasteiger partial charge on any atom is -1.00 e. The normalized spacial score (nSPS) is 12.1. The first kappa shape index (κ1) is 15.9. The molecule has 0 fully saturated rings. The predicted molar refractivity (Wildman–Crippen MR) is 42.9 cm³/mol. The molecule has 0 atom stereocenters. The van der Waals surface area contributed by atoms with Crippen LogP contribution in [-0.2, 0) is 12.4 Å². The van der Waals surface area contributed by atoms with Gasteiger partial charge in [-0.05, 0) is 6.07 Å². The SMILES string of the molecule is [B]c1cc(C(F)(F)F)cc(C(F)(F)F)c1.[H-].[Na+]. The molecule has 0 aliphatic rings. The molecule has 82 valence electrons. The molecule has 1 rings (SSSR count). The number of hydrogen-bond donors (Lipinski definition) is 0. The van der Waals surface area contributed by atoms with Crippen molar-refractivity contribution in [1.82, 2.24) is 0 Å². The molecule has 0 saturated carbocycles. The summed E-state index contributed by atoms with van der Waals surface area (Å²) in [5.74, 6) is 0. The van der Waals surface area contributed by atoms with Crippen LogP contribution in [0.1, 0.15) is 12.6 Å². The van der Waals surface area contributed by atoms with E-state index >= 15 is 0 Å². The van der Waals surface area contributed by atoms with Gasteiger partial charge in [0.2, 0.25) is 0 Å². The second-order valence-corrected chi connectivity index (χ2v) is 2.84. The average Bonchev–Trinajstić information content (AvgIpc) is 1.99. The third kappa shape index (κ3) is 4.03. The smallest absolute Gasteiger partial charge is 1.00 e. The van der Waals surface area contributed by atoms with Crippen molar-refractivity contribution < 1.29 is 57.3 Å². The molecule has 0 N–H and O–H groups in total. The molecule has 0 bridgehead atoms. The Hall–Kier alpha value is -0.135. The maximum absolute atomic E-state index is 12.1. The van der Waals surface area contributed by atoms with Crippen LogP contribution in [0.3, 0.4) is 0 Å². The van der Waals surface area contributed by atoms with Crippen LogP contribution in [-0.4, -0.2) is 7.85 Å². The van der Waals surface area contributed by atoms with Crippen molar-refractivity contribution in [2.45, 2.75) is 12.4 Å². The molecule has 0 nitrogen and oxygen atoms in total. The summed E-state index contributed by atoms with van der Waals surface area (Å²) in [6.45, 7) is 0. The first-order chi connectivity index (χ1) is 6.60. The minimum absolute atomic E-state index is 0. The van der Waals surface area contributed by atoms with Gasteiger partial charge >= 0.3 is 41.9 Å². The van der Waals surface area contributed by atoms with Gasteiger partial charge in [0.05, 0.1) is 11.1 Å². The Morgan fingerprint density at radius 1 is 0.812 bits per heavy atom. The minimum atomic E-state index is -4.84. The standard InChI is InChI=1S/C8H3BF6.Na.H/c9-6-2-4(7(10,11)12)1-5(3-6)8(13,14)15;;/h1-3H;;/q;+1;-1. The molecule has 8 heteroatoms. The summed E-state index contributed by atoms with van der Waals surface area (Å²) in [6.07, 6.45) is -9.68. The van der Waals surface area contributed by atoms with Crippen molar-refractivity contribution in [1.29, 1.82) is 0 Å². The van der Waals surface area contributed by atoms with Crippen LogP contribution in [0, 0.1) is 0 Å². The van der Waals surface area contributed by atoms with Gasteiger partial charge in [-0.2, -0.15) is 26.3 Å². The number of hydrogen-bond acceptors (Lipinski definition) is 0. The van der Waals surface area contributed by atoms with E-state index in [0.29, 0.717) is 12.1 Å². The molecule has 0 aromatic heterocycles. The van der Waals surface area contributed by atoms with Gasteiger partial charge in [-0.15, -0.1) is 0 Å². The van der Waals surface area contributed by atoms with Crippen molar-refractivity contribution in [3.63, 3.8) is 0 Å². The van der Waals surface area contributed by atoms with Crippen LogP contribution in [0.4, 0.5) is 26.3 Å². The summed E-state index contributed by atoms with van der Waals surface area (Å²) < 4.78 is 72.7. The topological polar surface area (TPSA) is 0 Å². The fourth-order valence-electron chi connectivity index (χ4n) is 0.979. The van der Waals surface area contributed by atoms with Gasteiger partial charge in [0.25, 0.3) is 0 Å². The third-order valence-corrected chi connectivity index (χ3v) is 1.61. The first-order valence-corrected chi connectivity index (χ1v) is 3.65. The Bertz CT molecular complexity index is 343. The molecule has 1 aromatic rings. The van der Waals surface area contributed by atoms with E-state index in [9.17, 15) is 26.3 Å². The number of rotatable bonds is 0. The van der Waals surface area contributed by atoms with E-state index in [1.165, 1.54) is 0 Å². The fraction of sp³-hybridized carbons (Fsp3) is 0.250. The van der Waals surface area contributed by atoms with Gasteiger partial charge in [-0.3, -0.25) is 0 Å². The molecule has 1 aromatic carbocycles. The first-order valence-electron chi connectivity index (χ1n) is 3.65. The molecule has 0 aliphatic heterocycles. The van der Waals surface area contributed by atoms with E-state index in [-0.39, 0.29) is 37.1 Å². The van der Waals surface area contributed by atoms with Crippen LogP contribution in [0.5, 0.6) is 0 Å². The number of benzene rings is 1. The second-order valence-electron chi connectivity index (χ2n) is 2.84. The van der Waals surface area contributed by atoms with Crippen molar-refractivity contribution in [3.05, 3.63) is 29.3 Å². The zero-order valence-corrected chi connectivity index (χ0v) is 10.1.